The summed E-state index contributed by atoms with van der Waals surface area (Å²) < 4.78 is 10.2. The maximum Gasteiger partial charge on any atom is 0.322 e. The summed E-state index contributed by atoms with van der Waals surface area (Å²) in [5.41, 5.74) is 5.80. The first-order valence-electron chi connectivity index (χ1n) is 5.03. The number of nitrogens with two attached hydrogens (primary N) is 1. The van der Waals surface area contributed by atoms with E-state index in [4.69, 9.17) is 10.5 Å². The van der Waals surface area contributed by atoms with Gasteiger partial charge in [-0.25, -0.2) is 0 Å². The van der Waals surface area contributed by atoms with Crippen molar-refractivity contribution in [1.82, 2.24) is 0 Å². The molecule has 82 valence electrons. The maximum absolute atomic E-state index is 11.2. The Kier molecular flexibility index (Phi) is 3.89. The Labute approximate surface area is 84.7 Å². The van der Waals surface area contributed by atoms with E-state index in [0.29, 0.717) is 0 Å². The summed E-state index contributed by atoms with van der Waals surface area (Å²) in [4.78, 5) is 11.2. The Morgan fingerprint density at radius 1 is 1.43 bits per heavy atom. The van der Waals surface area contributed by atoms with E-state index in [1.165, 1.54) is 7.11 Å². The standard InChI is InChI=1S/C10H19NO3/c1-6-4-8(5-7(2)14-6)9(11)10(12)13-3/h6-9H,4-5,11H2,1-3H3/t6-,7-,9-/m1/s1. The fourth-order valence-electron chi connectivity index (χ4n) is 2.08. The molecule has 0 saturated carbocycles. The Balaban J connectivity index is 2.54. The van der Waals surface area contributed by atoms with Crippen molar-refractivity contribution in [3.8, 4) is 0 Å². The van der Waals surface area contributed by atoms with Gasteiger partial charge >= 0.3 is 5.97 Å². The zero-order valence-electron chi connectivity index (χ0n) is 9.03. The van der Waals surface area contributed by atoms with Crippen LogP contribution in [0.5, 0.6) is 0 Å². The van der Waals surface area contributed by atoms with E-state index >= 15 is 0 Å². The summed E-state index contributed by atoms with van der Waals surface area (Å²) in [5, 5.41) is 0. The second kappa shape index (κ2) is 4.75. The zero-order chi connectivity index (χ0) is 10.7. The van der Waals surface area contributed by atoms with E-state index in [1.54, 1.807) is 0 Å². The molecule has 0 aromatic heterocycles. The third kappa shape index (κ3) is 2.69. The van der Waals surface area contributed by atoms with E-state index in [-0.39, 0.29) is 24.1 Å². The van der Waals surface area contributed by atoms with Gasteiger partial charge in [0.2, 0.25) is 0 Å². The van der Waals surface area contributed by atoms with Crippen molar-refractivity contribution in [3.63, 3.8) is 0 Å². The fraction of sp³-hybridized carbons (Fsp3) is 0.900. The molecule has 0 bridgehead atoms. The largest absolute Gasteiger partial charge is 0.468 e. The molecule has 0 aromatic carbocycles. The maximum atomic E-state index is 11.2. The summed E-state index contributed by atoms with van der Waals surface area (Å²) in [5.74, 6) is -0.141. The first kappa shape index (κ1) is 11.5. The number of methoxy groups -OCH3 is 1. The van der Waals surface area contributed by atoms with Gasteiger partial charge < -0.3 is 15.2 Å². The average molecular weight is 201 g/mol. The molecule has 2 N–H and O–H groups in total. The number of ether oxygens (including phenoxy) is 2. The minimum Gasteiger partial charge on any atom is -0.468 e. The van der Waals surface area contributed by atoms with E-state index in [2.05, 4.69) is 4.74 Å². The van der Waals surface area contributed by atoms with Gasteiger partial charge in [0.15, 0.2) is 0 Å². The lowest BCUT2D eigenvalue weighted by Crippen LogP contribution is -2.44. The quantitative estimate of drug-likeness (QED) is 0.668. The molecule has 0 spiro atoms. The molecule has 0 aliphatic carbocycles. The van der Waals surface area contributed by atoms with Crippen molar-refractivity contribution in [3.05, 3.63) is 0 Å². The summed E-state index contributed by atoms with van der Waals surface area (Å²) >= 11 is 0. The van der Waals surface area contributed by atoms with Gasteiger partial charge in [-0.2, -0.15) is 0 Å². The molecule has 1 aliphatic heterocycles. The van der Waals surface area contributed by atoms with Crippen LogP contribution in [0.3, 0.4) is 0 Å². The van der Waals surface area contributed by atoms with Gasteiger partial charge in [0.1, 0.15) is 6.04 Å². The molecule has 4 nitrogen and oxygen atoms in total. The van der Waals surface area contributed by atoms with Crippen molar-refractivity contribution in [1.29, 1.82) is 0 Å². The number of carbonyl (C=O) groups is 1. The van der Waals surface area contributed by atoms with Gasteiger partial charge in [-0.1, -0.05) is 0 Å². The molecule has 0 unspecified atom stereocenters. The van der Waals surface area contributed by atoms with Crippen LogP contribution in [0, 0.1) is 5.92 Å². The molecular weight excluding hydrogens is 182 g/mol. The molecule has 0 radical (unpaired) electrons. The predicted molar refractivity (Wildman–Crippen MR) is 52.7 cm³/mol. The zero-order valence-corrected chi connectivity index (χ0v) is 9.03. The SMILES string of the molecule is COC(=O)[C@H](N)C1C[C@@H](C)O[C@H](C)C1. The molecule has 14 heavy (non-hydrogen) atoms. The normalized spacial score (nSPS) is 35.0. The molecule has 4 heteroatoms. The third-order valence-corrected chi connectivity index (χ3v) is 2.72. The van der Waals surface area contributed by atoms with Crippen molar-refractivity contribution in [2.75, 3.05) is 7.11 Å². The minimum atomic E-state index is -0.506. The average Bonchev–Trinajstić information content (AvgIpc) is 2.14. The van der Waals surface area contributed by atoms with E-state index in [1.807, 2.05) is 13.8 Å². The fourth-order valence-corrected chi connectivity index (χ4v) is 2.08. The van der Waals surface area contributed by atoms with Crippen LogP contribution in [0.15, 0.2) is 0 Å². The van der Waals surface area contributed by atoms with Crippen LogP contribution in [0.25, 0.3) is 0 Å². The Bertz CT molecular complexity index is 198. The predicted octanol–water partition coefficient (Wildman–Crippen LogP) is 0.690. The second-order valence-corrected chi connectivity index (χ2v) is 4.04. The van der Waals surface area contributed by atoms with Crippen LogP contribution in [0.1, 0.15) is 26.7 Å². The highest BCUT2D eigenvalue weighted by Crippen LogP contribution is 2.26. The van der Waals surface area contributed by atoms with Crippen LogP contribution in [-0.2, 0) is 14.3 Å². The van der Waals surface area contributed by atoms with E-state index in [9.17, 15) is 4.79 Å². The van der Waals surface area contributed by atoms with E-state index < -0.39 is 6.04 Å². The van der Waals surface area contributed by atoms with E-state index in [0.717, 1.165) is 12.8 Å². The van der Waals surface area contributed by atoms with Crippen molar-refractivity contribution in [2.45, 2.75) is 44.9 Å². The molecule has 0 aromatic rings. The topological polar surface area (TPSA) is 61.5 Å². The van der Waals surface area contributed by atoms with Crippen LogP contribution in [0.2, 0.25) is 0 Å². The Morgan fingerprint density at radius 3 is 2.36 bits per heavy atom. The van der Waals surface area contributed by atoms with Crippen LogP contribution in [-0.4, -0.2) is 31.3 Å². The number of carbonyl (C=O) groups excluding carboxylic acids is 1. The molecule has 1 aliphatic rings. The van der Waals surface area contributed by atoms with Gasteiger partial charge in [-0.05, 0) is 32.6 Å². The van der Waals surface area contributed by atoms with Crippen LogP contribution < -0.4 is 5.73 Å². The lowest BCUT2D eigenvalue weighted by atomic mass is 9.87. The molecule has 1 saturated heterocycles. The first-order chi connectivity index (χ1) is 6.54. The second-order valence-electron chi connectivity index (χ2n) is 4.04. The number of esters is 1. The molecule has 1 heterocycles. The summed E-state index contributed by atoms with van der Waals surface area (Å²) in [6, 6.07) is -0.506. The minimum absolute atomic E-state index is 0.180. The molecule has 0 amide bonds. The Hall–Kier alpha value is -0.610. The van der Waals surface area contributed by atoms with Gasteiger partial charge in [0, 0.05) is 0 Å². The van der Waals surface area contributed by atoms with Crippen molar-refractivity contribution >= 4 is 5.97 Å². The van der Waals surface area contributed by atoms with Crippen LogP contribution >= 0.6 is 0 Å². The smallest absolute Gasteiger partial charge is 0.322 e. The third-order valence-electron chi connectivity index (χ3n) is 2.72. The lowest BCUT2D eigenvalue weighted by molar-refractivity contribution is -0.145. The molecule has 1 rings (SSSR count). The van der Waals surface area contributed by atoms with Crippen molar-refractivity contribution < 1.29 is 14.3 Å². The van der Waals surface area contributed by atoms with Crippen molar-refractivity contribution in [2.24, 2.45) is 11.7 Å². The van der Waals surface area contributed by atoms with Crippen LogP contribution in [0.4, 0.5) is 0 Å². The highest BCUT2D eigenvalue weighted by atomic mass is 16.5. The van der Waals surface area contributed by atoms with Gasteiger partial charge in [0.05, 0.1) is 19.3 Å². The monoisotopic (exact) mass is 201 g/mol. The molecule has 3 atom stereocenters. The number of hydrogen-bond acceptors (Lipinski definition) is 4. The van der Waals surface area contributed by atoms with Gasteiger partial charge in [-0.3, -0.25) is 4.79 Å². The summed E-state index contributed by atoms with van der Waals surface area (Å²) in [7, 11) is 1.37. The van der Waals surface area contributed by atoms with Gasteiger partial charge in [0.25, 0.3) is 0 Å². The number of rotatable bonds is 2. The lowest BCUT2D eigenvalue weighted by Gasteiger charge is -2.34. The highest BCUT2D eigenvalue weighted by Gasteiger charge is 2.32. The molecule has 1 fully saturated rings. The Morgan fingerprint density at radius 2 is 1.93 bits per heavy atom. The first-order valence-corrected chi connectivity index (χ1v) is 5.03. The van der Waals surface area contributed by atoms with Gasteiger partial charge in [-0.15, -0.1) is 0 Å². The summed E-state index contributed by atoms with van der Waals surface area (Å²) in [6.45, 7) is 4.01. The highest BCUT2D eigenvalue weighted by molar-refractivity contribution is 5.75. The number of hydrogen-bond donors (Lipinski definition) is 1. The summed E-state index contributed by atoms with van der Waals surface area (Å²) in [6.07, 6.45) is 2.03. The molecular formula is C10H19NO3.